The number of nitrogens with zero attached hydrogens (tertiary/aromatic N) is 1. The van der Waals surface area contributed by atoms with Gasteiger partial charge in [0.05, 0.1) is 0 Å². The molecule has 0 N–H and O–H groups in total. The zero-order valence-corrected chi connectivity index (χ0v) is 14.1. The summed E-state index contributed by atoms with van der Waals surface area (Å²) in [7, 11) is 0. The molecule has 0 bridgehead atoms. The summed E-state index contributed by atoms with van der Waals surface area (Å²) in [5.74, 6) is 0. The molecule has 0 saturated carbocycles. The molecule has 3 heteroatoms. The molecule has 2 aromatic rings. The van der Waals surface area contributed by atoms with Gasteiger partial charge < -0.3 is 0 Å². The molecule has 0 aliphatic carbocycles. The summed E-state index contributed by atoms with van der Waals surface area (Å²) in [5.41, 5.74) is 4.91. The maximum absolute atomic E-state index is 8.97. The second-order valence-corrected chi connectivity index (χ2v) is 7.07. The minimum absolute atomic E-state index is 0.116. The van der Waals surface area contributed by atoms with E-state index >= 15 is 0 Å². The number of halogens is 1. The van der Waals surface area contributed by atoms with Crippen LogP contribution in [0.25, 0.3) is 11.1 Å². The molecule has 0 amide bonds. The average molecular weight is 412 g/mol. The maximum atomic E-state index is 8.97. The summed E-state index contributed by atoms with van der Waals surface area (Å²) >= 11 is 2.25. The molecule has 1 nitrogen and oxygen atoms in total. The van der Waals surface area contributed by atoms with Gasteiger partial charge in [0.1, 0.15) is 0 Å². The van der Waals surface area contributed by atoms with Crippen molar-refractivity contribution in [1.29, 1.82) is 5.26 Å². The molecular weight excluding hydrogens is 400 g/mol. The van der Waals surface area contributed by atoms with Crippen LogP contribution < -0.4 is 4.46 Å². The summed E-state index contributed by atoms with van der Waals surface area (Å²) in [4.78, 5) is 2.31. The van der Waals surface area contributed by atoms with Crippen LogP contribution in [0.4, 0.5) is 0 Å². The number of benzene rings is 2. The van der Waals surface area contributed by atoms with E-state index in [2.05, 4.69) is 77.8 Å². The number of hydrogen-bond acceptors (Lipinski definition) is 1. The van der Waals surface area contributed by atoms with Gasteiger partial charge in [-0.2, -0.15) is 0 Å². The molecule has 90 valence electrons. The third-order valence-corrected chi connectivity index (χ3v) is 4.96. The van der Waals surface area contributed by atoms with Crippen LogP contribution in [0, 0.1) is 27.6 Å². The molecule has 0 unspecified atom stereocenters. The standard InChI is InChI=1S/C15H12INSe/c1-10-3-5-12(14(16)7-10)13-6-4-11(2)8-15(13)18-9-17/h3-8H,1-2H3. The third kappa shape index (κ3) is 2.95. The van der Waals surface area contributed by atoms with Gasteiger partial charge in [0.2, 0.25) is 0 Å². The predicted molar refractivity (Wildman–Crippen MR) is 85.1 cm³/mol. The first-order chi connectivity index (χ1) is 8.61. The van der Waals surface area contributed by atoms with E-state index in [1.165, 1.54) is 30.3 Å². The van der Waals surface area contributed by atoms with E-state index in [-0.39, 0.29) is 15.0 Å². The molecule has 0 aliphatic heterocycles. The molecule has 0 aliphatic rings. The Morgan fingerprint density at radius 1 is 1.00 bits per heavy atom. The van der Waals surface area contributed by atoms with Crippen LogP contribution in [-0.4, -0.2) is 15.0 Å². The Bertz CT molecular complexity index is 629. The van der Waals surface area contributed by atoms with Crippen molar-refractivity contribution in [3.8, 4) is 16.1 Å². The van der Waals surface area contributed by atoms with E-state index in [1.807, 2.05) is 0 Å². The van der Waals surface area contributed by atoms with Crippen LogP contribution in [0.5, 0.6) is 0 Å². The van der Waals surface area contributed by atoms with Crippen LogP contribution in [0.15, 0.2) is 36.4 Å². The number of hydrogen-bond donors (Lipinski definition) is 0. The SMILES string of the molecule is Cc1ccc(-c2ccc(C)cc2[Se]C#N)c(I)c1. The van der Waals surface area contributed by atoms with Gasteiger partial charge in [-0.3, -0.25) is 0 Å². The Morgan fingerprint density at radius 3 is 2.22 bits per heavy atom. The second-order valence-electron chi connectivity index (χ2n) is 4.18. The second kappa shape index (κ2) is 5.88. The van der Waals surface area contributed by atoms with E-state index in [0.717, 1.165) is 0 Å². The summed E-state index contributed by atoms with van der Waals surface area (Å²) in [5, 5.41) is 8.97. The summed E-state index contributed by atoms with van der Waals surface area (Å²) in [6.45, 7) is 4.17. The first-order valence-electron chi connectivity index (χ1n) is 5.55. The van der Waals surface area contributed by atoms with Gasteiger partial charge in [-0.1, -0.05) is 0 Å². The van der Waals surface area contributed by atoms with Crippen molar-refractivity contribution in [3.05, 3.63) is 51.1 Å². The van der Waals surface area contributed by atoms with Gasteiger partial charge >= 0.3 is 128 Å². The Kier molecular flexibility index (Phi) is 4.45. The van der Waals surface area contributed by atoms with Gasteiger partial charge in [-0.25, -0.2) is 0 Å². The average Bonchev–Trinajstić information content (AvgIpc) is 2.31. The minimum atomic E-state index is -0.116. The molecular formula is C15H12INSe. The molecule has 0 atom stereocenters. The van der Waals surface area contributed by atoms with Crippen molar-refractivity contribution in [1.82, 2.24) is 0 Å². The van der Waals surface area contributed by atoms with E-state index in [4.69, 9.17) is 5.26 Å². The van der Waals surface area contributed by atoms with E-state index in [0.29, 0.717) is 0 Å². The first kappa shape index (κ1) is 13.6. The number of rotatable bonds is 2. The van der Waals surface area contributed by atoms with E-state index in [1.54, 1.807) is 0 Å². The molecule has 0 saturated heterocycles. The molecule has 0 spiro atoms. The Balaban J connectivity index is 2.60. The summed E-state index contributed by atoms with van der Waals surface area (Å²) in [6, 6.07) is 12.8. The predicted octanol–water partition coefficient (Wildman–Crippen LogP) is 3.39. The fraction of sp³-hybridized carbons (Fsp3) is 0.133. The topological polar surface area (TPSA) is 23.8 Å². The van der Waals surface area contributed by atoms with Crippen LogP contribution in [0.3, 0.4) is 0 Å². The molecule has 2 rings (SSSR count). The molecule has 0 fully saturated rings. The Hall–Kier alpha value is -0.821. The van der Waals surface area contributed by atoms with Gasteiger partial charge in [-0.05, 0) is 0 Å². The molecule has 0 heterocycles. The van der Waals surface area contributed by atoms with Gasteiger partial charge in [0, 0.05) is 0 Å². The molecule has 2 aromatic carbocycles. The van der Waals surface area contributed by atoms with Crippen LogP contribution in [0.2, 0.25) is 0 Å². The number of nitriles is 1. The molecule has 0 radical (unpaired) electrons. The normalized spacial score (nSPS) is 10.1. The van der Waals surface area contributed by atoms with Crippen molar-refractivity contribution < 1.29 is 0 Å². The number of aryl methyl sites for hydroxylation is 2. The fourth-order valence-electron chi connectivity index (χ4n) is 1.82. The molecule has 18 heavy (non-hydrogen) atoms. The van der Waals surface area contributed by atoms with Crippen LogP contribution in [-0.2, 0) is 0 Å². The summed E-state index contributed by atoms with van der Waals surface area (Å²) < 4.78 is 2.42. The zero-order chi connectivity index (χ0) is 13.1. The van der Waals surface area contributed by atoms with E-state index < -0.39 is 0 Å². The quantitative estimate of drug-likeness (QED) is 0.548. The van der Waals surface area contributed by atoms with Gasteiger partial charge in [-0.15, -0.1) is 0 Å². The van der Waals surface area contributed by atoms with E-state index in [9.17, 15) is 0 Å². The summed E-state index contributed by atoms with van der Waals surface area (Å²) in [6.07, 6.45) is 0. The van der Waals surface area contributed by atoms with Crippen molar-refractivity contribution >= 4 is 42.0 Å². The van der Waals surface area contributed by atoms with Crippen molar-refractivity contribution in [2.45, 2.75) is 13.8 Å². The Morgan fingerprint density at radius 2 is 1.61 bits per heavy atom. The van der Waals surface area contributed by atoms with Gasteiger partial charge in [0.15, 0.2) is 0 Å². The third-order valence-electron chi connectivity index (χ3n) is 2.71. The van der Waals surface area contributed by atoms with Gasteiger partial charge in [0.25, 0.3) is 0 Å². The zero-order valence-electron chi connectivity index (χ0n) is 10.2. The van der Waals surface area contributed by atoms with Crippen molar-refractivity contribution in [3.63, 3.8) is 0 Å². The van der Waals surface area contributed by atoms with Crippen LogP contribution >= 0.6 is 22.6 Å². The van der Waals surface area contributed by atoms with Crippen LogP contribution in [0.1, 0.15) is 11.1 Å². The molecule has 0 aromatic heterocycles. The first-order valence-corrected chi connectivity index (χ1v) is 8.34. The van der Waals surface area contributed by atoms with Crippen molar-refractivity contribution in [2.24, 2.45) is 0 Å². The monoisotopic (exact) mass is 413 g/mol. The Labute approximate surface area is 128 Å². The fourth-order valence-corrected chi connectivity index (χ4v) is 4.11. The van der Waals surface area contributed by atoms with Crippen molar-refractivity contribution in [2.75, 3.05) is 0 Å².